The zero-order valence-electron chi connectivity index (χ0n) is 12.2. The number of benzene rings is 1. The lowest BCUT2D eigenvalue weighted by molar-refractivity contribution is 0.0828. The summed E-state index contributed by atoms with van der Waals surface area (Å²) in [6.45, 7) is 3.69. The van der Waals surface area contributed by atoms with Crippen molar-refractivity contribution in [1.29, 1.82) is 0 Å². The van der Waals surface area contributed by atoms with Gasteiger partial charge in [-0.2, -0.15) is 0 Å². The van der Waals surface area contributed by atoms with Gasteiger partial charge in [0, 0.05) is 50.2 Å². The molecule has 0 unspecified atom stereocenters. The second-order valence-corrected chi connectivity index (χ2v) is 5.56. The van der Waals surface area contributed by atoms with Crippen molar-refractivity contribution in [3.63, 3.8) is 0 Å². The van der Waals surface area contributed by atoms with Gasteiger partial charge in [0.05, 0.1) is 11.1 Å². The van der Waals surface area contributed by atoms with Crippen molar-refractivity contribution >= 4 is 16.8 Å². The maximum atomic E-state index is 12.6. The predicted octanol–water partition coefficient (Wildman–Crippen LogP) is 1.89. The molecule has 0 bridgehead atoms. The van der Waals surface area contributed by atoms with Crippen molar-refractivity contribution in [3.8, 4) is 0 Å². The Hall–Kier alpha value is -1.94. The summed E-state index contributed by atoms with van der Waals surface area (Å²) in [6, 6.07) is 6.13. The molecule has 1 aromatic carbocycles. The fourth-order valence-corrected chi connectivity index (χ4v) is 2.75. The largest absolute Gasteiger partial charge is 0.345 e. The number of amides is 1. The quantitative estimate of drug-likeness (QED) is 0.860. The Balaban J connectivity index is 2.36. The Morgan fingerprint density at radius 2 is 2.15 bits per heavy atom. The number of aryl methyl sites for hydroxylation is 1. The molecule has 2 heterocycles. The van der Waals surface area contributed by atoms with Gasteiger partial charge in [-0.1, -0.05) is 11.6 Å². The Kier molecular flexibility index (Phi) is 3.18. The Bertz CT molecular complexity index is 692. The summed E-state index contributed by atoms with van der Waals surface area (Å²) < 4.78 is 0. The number of hydrogen-bond acceptors (Lipinski definition) is 3. The first-order valence-electron chi connectivity index (χ1n) is 6.92. The van der Waals surface area contributed by atoms with E-state index in [9.17, 15) is 4.79 Å². The van der Waals surface area contributed by atoms with Crippen LogP contribution in [0, 0.1) is 6.92 Å². The van der Waals surface area contributed by atoms with Crippen molar-refractivity contribution < 1.29 is 4.79 Å². The summed E-state index contributed by atoms with van der Waals surface area (Å²) in [5.74, 6) is 0.0583. The average Bonchev–Trinajstić information content (AvgIpc) is 2.44. The summed E-state index contributed by atoms with van der Waals surface area (Å²) in [7, 11) is 3.60. The number of rotatable bonds is 1. The van der Waals surface area contributed by atoms with E-state index in [1.54, 1.807) is 19.0 Å². The van der Waals surface area contributed by atoms with Gasteiger partial charge in [0.1, 0.15) is 0 Å². The van der Waals surface area contributed by atoms with Gasteiger partial charge >= 0.3 is 0 Å². The van der Waals surface area contributed by atoms with E-state index in [-0.39, 0.29) is 5.91 Å². The van der Waals surface area contributed by atoms with Gasteiger partial charge in [0.15, 0.2) is 0 Å². The first kappa shape index (κ1) is 13.1. The molecule has 0 saturated carbocycles. The fraction of sp³-hybridized carbons (Fsp3) is 0.375. The van der Waals surface area contributed by atoms with Crippen LogP contribution in [0.1, 0.15) is 27.2 Å². The summed E-state index contributed by atoms with van der Waals surface area (Å²) in [4.78, 5) is 19.0. The van der Waals surface area contributed by atoms with E-state index in [0.717, 1.165) is 52.8 Å². The van der Waals surface area contributed by atoms with E-state index in [2.05, 4.69) is 11.4 Å². The van der Waals surface area contributed by atoms with E-state index < -0.39 is 0 Å². The predicted molar refractivity (Wildman–Crippen MR) is 79.9 cm³/mol. The lowest BCUT2D eigenvalue weighted by atomic mass is 9.95. The maximum absolute atomic E-state index is 12.6. The van der Waals surface area contributed by atoms with Gasteiger partial charge in [0.2, 0.25) is 0 Å². The van der Waals surface area contributed by atoms with E-state index in [1.807, 2.05) is 19.1 Å². The van der Waals surface area contributed by atoms with Crippen molar-refractivity contribution in [2.45, 2.75) is 19.9 Å². The number of nitrogens with one attached hydrogen (secondary N) is 1. The first-order valence-corrected chi connectivity index (χ1v) is 6.92. The normalized spacial score (nSPS) is 14.2. The van der Waals surface area contributed by atoms with Crippen LogP contribution in [-0.4, -0.2) is 36.4 Å². The fourth-order valence-electron chi connectivity index (χ4n) is 2.75. The standard InChI is InChI=1S/C16H19N3O/c1-10-4-5-13-11(8-10)15(16(20)19(2)3)12-9-17-7-6-14(12)18-13/h4-5,8,17H,6-7,9H2,1-3H3. The van der Waals surface area contributed by atoms with Crippen LogP contribution in [0.5, 0.6) is 0 Å². The lowest BCUT2D eigenvalue weighted by Gasteiger charge is -2.23. The van der Waals surface area contributed by atoms with Gasteiger partial charge in [-0.15, -0.1) is 0 Å². The molecule has 0 fully saturated rings. The molecule has 0 atom stereocenters. The number of fused-ring (bicyclic) bond motifs is 2. The minimum Gasteiger partial charge on any atom is -0.345 e. The van der Waals surface area contributed by atoms with Gasteiger partial charge in [-0.05, 0) is 19.1 Å². The topological polar surface area (TPSA) is 45.2 Å². The zero-order chi connectivity index (χ0) is 14.3. The first-order chi connectivity index (χ1) is 9.58. The lowest BCUT2D eigenvalue weighted by Crippen LogP contribution is -2.30. The summed E-state index contributed by atoms with van der Waals surface area (Å²) in [6.07, 6.45) is 0.882. The van der Waals surface area contributed by atoms with Crippen LogP contribution < -0.4 is 5.32 Å². The molecule has 3 rings (SSSR count). The van der Waals surface area contributed by atoms with E-state index in [0.29, 0.717) is 0 Å². The SMILES string of the molecule is Cc1ccc2nc3c(c(C(=O)N(C)C)c2c1)CNCC3. The van der Waals surface area contributed by atoms with Crippen LogP contribution in [0.3, 0.4) is 0 Å². The van der Waals surface area contributed by atoms with Crippen molar-refractivity contribution in [2.75, 3.05) is 20.6 Å². The van der Waals surface area contributed by atoms with Gasteiger partial charge in [0.25, 0.3) is 5.91 Å². The molecule has 1 amide bonds. The number of nitrogens with zero attached hydrogens (tertiary/aromatic N) is 2. The number of aromatic nitrogens is 1. The minimum atomic E-state index is 0.0583. The number of pyridine rings is 1. The van der Waals surface area contributed by atoms with Crippen LogP contribution in [0.15, 0.2) is 18.2 Å². The molecule has 0 saturated heterocycles. The highest BCUT2D eigenvalue weighted by molar-refractivity contribution is 6.07. The van der Waals surface area contributed by atoms with E-state index >= 15 is 0 Å². The second-order valence-electron chi connectivity index (χ2n) is 5.56. The van der Waals surface area contributed by atoms with Gasteiger partial charge in [-0.3, -0.25) is 9.78 Å². The van der Waals surface area contributed by atoms with E-state index in [4.69, 9.17) is 4.98 Å². The zero-order valence-corrected chi connectivity index (χ0v) is 12.2. The highest BCUT2D eigenvalue weighted by Crippen LogP contribution is 2.27. The van der Waals surface area contributed by atoms with Gasteiger partial charge < -0.3 is 10.2 Å². The molecule has 1 aliphatic heterocycles. The third-order valence-corrected chi connectivity index (χ3v) is 3.79. The van der Waals surface area contributed by atoms with E-state index in [1.165, 1.54) is 0 Å². The summed E-state index contributed by atoms with van der Waals surface area (Å²) in [5, 5.41) is 4.31. The monoisotopic (exact) mass is 269 g/mol. The summed E-state index contributed by atoms with van der Waals surface area (Å²) >= 11 is 0. The molecule has 2 aromatic rings. The van der Waals surface area contributed by atoms with Crippen LogP contribution in [0.2, 0.25) is 0 Å². The average molecular weight is 269 g/mol. The third-order valence-electron chi connectivity index (χ3n) is 3.79. The van der Waals surface area contributed by atoms with Crippen molar-refractivity contribution in [1.82, 2.24) is 15.2 Å². The highest BCUT2D eigenvalue weighted by Gasteiger charge is 2.23. The molecule has 1 N–H and O–H groups in total. The highest BCUT2D eigenvalue weighted by atomic mass is 16.2. The second kappa shape index (κ2) is 4.87. The summed E-state index contributed by atoms with van der Waals surface area (Å²) in [5.41, 5.74) is 5.00. The number of hydrogen-bond donors (Lipinski definition) is 1. The number of carbonyl (C=O) groups is 1. The third kappa shape index (κ3) is 2.06. The molecule has 104 valence electrons. The van der Waals surface area contributed by atoms with Crippen LogP contribution in [0.25, 0.3) is 10.9 Å². The van der Waals surface area contributed by atoms with Gasteiger partial charge in [-0.25, -0.2) is 0 Å². The molecule has 1 aromatic heterocycles. The van der Waals surface area contributed by atoms with Crippen LogP contribution in [-0.2, 0) is 13.0 Å². The van der Waals surface area contributed by atoms with Crippen LogP contribution in [0.4, 0.5) is 0 Å². The molecule has 1 aliphatic rings. The molecule has 0 radical (unpaired) electrons. The smallest absolute Gasteiger partial charge is 0.254 e. The maximum Gasteiger partial charge on any atom is 0.254 e. The molecule has 0 aliphatic carbocycles. The molecule has 0 spiro atoms. The Morgan fingerprint density at radius 1 is 1.35 bits per heavy atom. The molecular weight excluding hydrogens is 250 g/mol. The number of carbonyl (C=O) groups excluding carboxylic acids is 1. The minimum absolute atomic E-state index is 0.0583. The molecular formula is C16H19N3O. The Morgan fingerprint density at radius 3 is 2.90 bits per heavy atom. The van der Waals surface area contributed by atoms with Crippen molar-refractivity contribution in [3.05, 3.63) is 40.6 Å². The Labute approximate surface area is 118 Å². The molecule has 4 heteroatoms. The van der Waals surface area contributed by atoms with Crippen molar-refractivity contribution in [2.24, 2.45) is 0 Å². The molecule has 20 heavy (non-hydrogen) atoms. The molecule has 4 nitrogen and oxygen atoms in total. The van der Waals surface area contributed by atoms with Crippen LogP contribution >= 0.6 is 0 Å².